The Balaban J connectivity index is 3.40. The van der Waals surface area contributed by atoms with Gasteiger partial charge in [-0.15, -0.1) is 0 Å². The van der Waals surface area contributed by atoms with Gasteiger partial charge in [0.05, 0.1) is 6.61 Å². The minimum absolute atomic E-state index is 0.315. The lowest BCUT2D eigenvalue weighted by Gasteiger charge is -2.14. The molecule has 0 rings (SSSR count). The Kier molecular flexibility index (Phi) is 10.1. The van der Waals surface area contributed by atoms with Crippen LogP contribution in [0.4, 0.5) is 0 Å². The minimum atomic E-state index is -0.387. The summed E-state index contributed by atoms with van der Waals surface area (Å²) in [6, 6.07) is 0. The van der Waals surface area contributed by atoms with Gasteiger partial charge < -0.3 is 9.47 Å². The third-order valence-corrected chi connectivity index (χ3v) is 2.54. The van der Waals surface area contributed by atoms with Gasteiger partial charge in [-0.2, -0.15) is 0 Å². The lowest BCUT2D eigenvalue weighted by atomic mass is 10.0. The van der Waals surface area contributed by atoms with Gasteiger partial charge in [0, 0.05) is 12.7 Å². The van der Waals surface area contributed by atoms with E-state index in [0.29, 0.717) is 19.1 Å². The number of hydrogen-bond acceptors (Lipinski definition) is 3. The maximum atomic E-state index is 10.7. The zero-order valence-electron chi connectivity index (χ0n) is 10.5. The fourth-order valence-electron chi connectivity index (χ4n) is 1.41. The third kappa shape index (κ3) is 8.48. The lowest BCUT2D eigenvalue weighted by Crippen LogP contribution is -2.13. The summed E-state index contributed by atoms with van der Waals surface area (Å²) in [4.78, 5) is 10.7. The molecule has 0 unspecified atom stereocenters. The molecule has 0 saturated carbocycles. The van der Waals surface area contributed by atoms with Gasteiger partial charge in [-0.25, -0.2) is 4.79 Å². The normalized spacial score (nSPS) is 12.1. The van der Waals surface area contributed by atoms with E-state index >= 15 is 0 Å². The van der Waals surface area contributed by atoms with E-state index in [2.05, 4.69) is 20.4 Å². The molecule has 0 aromatic carbocycles. The van der Waals surface area contributed by atoms with Crippen LogP contribution >= 0.6 is 0 Å². The highest BCUT2D eigenvalue weighted by molar-refractivity contribution is 5.81. The Labute approximate surface area is 98.8 Å². The van der Waals surface area contributed by atoms with Crippen LogP contribution in [0.25, 0.3) is 0 Å². The van der Waals surface area contributed by atoms with Crippen LogP contribution in [0.15, 0.2) is 12.7 Å². The van der Waals surface area contributed by atoms with Gasteiger partial charge in [-0.3, -0.25) is 0 Å². The van der Waals surface area contributed by atoms with E-state index in [1.807, 2.05) is 0 Å². The van der Waals surface area contributed by atoms with Gasteiger partial charge >= 0.3 is 5.97 Å². The highest BCUT2D eigenvalue weighted by Gasteiger charge is 2.05. The first-order valence-electron chi connectivity index (χ1n) is 6.11. The predicted octanol–water partition coefficient (Wildman–Crippen LogP) is 2.95. The molecule has 0 amide bonds. The van der Waals surface area contributed by atoms with E-state index < -0.39 is 0 Å². The highest BCUT2D eigenvalue weighted by Crippen LogP contribution is 2.12. The van der Waals surface area contributed by atoms with Crippen molar-refractivity contribution < 1.29 is 14.3 Å². The quantitative estimate of drug-likeness (QED) is 0.327. The van der Waals surface area contributed by atoms with Crippen LogP contribution in [0.2, 0.25) is 0 Å². The van der Waals surface area contributed by atoms with Crippen molar-refractivity contribution >= 4 is 5.97 Å². The van der Waals surface area contributed by atoms with Crippen molar-refractivity contribution in [3.8, 4) is 0 Å². The van der Waals surface area contributed by atoms with Crippen LogP contribution in [0.5, 0.6) is 0 Å². The van der Waals surface area contributed by atoms with Crippen molar-refractivity contribution in [1.82, 2.24) is 0 Å². The molecule has 0 spiro atoms. The first kappa shape index (κ1) is 15.2. The average Bonchev–Trinajstić information content (AvgIpc) is 2.32. The Bertz CT molecular complexity index is 190. The van der Waals surface area contributed by atoms with E-state index in [0.717, 1.165) is 19.1 Å². The van der Waals surface area contributed by atoms with Crippen LogP contribution in [0.3, 0.4) is 0 Å². The highest BCUT2D eigenvalue weighted by atomic mass is 16.6. The van der Waals surface area contributed by atoms with Crippen molar-refractivity contribution in [3.63, 3.8) is 0 Å². The lowest BCUT2D eigenvalue weighted by molar-refractivity contribution is -0.139. The second-order valence-electron chi connectivity index (χ2n) is 3.86. The molecule has 0 aliphatic rings. The molecular weight excluding hydrogens is 204 g/mol. The number of ether oxygens (including phenoxy) is 2. The summed E-state index contributed by atoms with van der Waals surface area (Å²) >= 11 is 0. The van der Waals surface area contributed by atoms with Gasteiger partial charge in [-0.05, 0) is 12.3 Å². The third-order valence-electron chi connectivity index (χ3n) is 2.54. The second-order valence-corrected chi connectivity index (χ2v) is 3.86. The largest absolute Gasteiger partial charge is 0.460 e. The van der Waals surface area contributed by atoms with Crippen molar-refractivity contribution in [1.29, 1.82) is 0 Å². The zero-order valence-corrected chi connectivity index (χ0v) is 10.5. The van der Waals surface area contributed by atoms with Crippen molar-refractivity contribution in [2.24, 2.45) is 5.92 Å². The molecule has 0 saturated heterocycles. The fraction of sp³-hybridized carbons (Fsp3) is 0.769. The van der Waals surface area contributed by atoms with E-state index in [1.54, 1.807) is 0 Å². The maximum Gasteiger partial charge on any atom is 0.330 e. The summed E-state index contributed by atoms with van der Waals surface area (Å²) in [7, 11) is 0. The van der Waals surface area contributed by atoms with E-state index in [9.17, 15) is 4.79 Å². The van der Waals surface area contributed by atoms with Gasteiger partial charge in [0.2, 0.25) is 0 Å². The Morgan fingerprint density at radius 3 is 2.69 bits per heavy atom. The molecule has 0 heterocycles. The summed E-state index contributed by atoms with van der Waals surface area (Å²) in [5.74, 6) is 0.247. The van der Waals surface area contributed by atoms with Crippen LogP contribution in [-0.4, -0.2) is 25.8 Å². The van der Waals surface area contributed by atoms with Crippen molar-refractivity contribution in [3.05, 3.63) is 12.7 Å². The number of rotatable bonds is 10. The summed E-state index contributed by atoms with van der Waals surface area (Å²) in [6.07, 6.45) is 6.02. The van der Waals surface area contributed by atoms with E-state index in [1.165, 1.54) is 19.3 Å². The molecule has 0 aliphatic heterocycles. The minimum Gasteiger partial charge on any atom is -0.460 e. The molecule has 0 fully saturated rings. The van der Waals surface area contributed by atoms with Crippen molar-refractivity contribution in [2.45, 2.75) is 39.5 Å². The fourth-order valence-corrected chi connectivity index (χ4v) is 1.41. The van der Waals surface area contributed by atoms with Gasteiger partial charge in [-0.1, -0.05) is 39.7 Å². The molecule has 1 atom stereocenters. The SMILES string of the molecule is C=CC(=O)OCCOC[C@H](CC)CCCC. The van der Waals surface area contributed by atoms with Crippen LogP contribution in [0.1, 0.15) is 39.5 Å². The Hall–Kier alpha value is -0.830. The number of esters is 1. The van der Waals surface area contributed by atoms with Gasteiger partial charge in [0.15, 0.2) is 0 Å². The standard InChI is InChI=1S/C13H24O3/c1-4-7-8-12(5-2)11-15-9-10-16-13(14)6-3/h6,12H,3-5,7-11H2,1-2H3/t12-/m1/s1. The molecule has 0 radical (unpaired) electrons. The van der Waals surface area contributed by atoms with Gasteiger partial charge in [0.1, 0.15) is 6.61 Å². The molecule has 16 heavy (non-hydrogen) atoms. The molecular formula is C13H24O3. The monoisotopic (exact) mass is 228 g/mol. The smallest absolute Gasteiger partial charge is 0.330 e. The first-order chi connectivity index (χ1) is 7.74. The summed E-state index contributed by atoms with van der Waals surface area (Å²) in [5, 5.41) is 0. The topological polar surface area (TPSA) is 35.5 Å². The van der Waals surface area contributed by atoms with E-state index in [4.69, 9.17) is 9.47 Å². The van der Waals surface area contributed by atoms with E-state index in [-0.39, 0.29) is 5.97 Å². The number of carbonyl (C=O) groups excluding carboxylic acids is 1. The Morgan fingerprint density at radius 2 is 2.12 bits per heavy atom. The molecule has 3 heteroatoms. The molecule has 94 valence electrons. The maximum absolute atomic E-state index is 10.7. The summed E-state index contributed by atoms with van der Waals surface area (Å²) in [5.41, 5.74) is 0. The molecule has 3 nitrogen and oxygen atoms in total. The summed E-state index contributed by atoms with van der Waals surface area (Å²) < 4.78 is 10.3. The van der Waals surface area contributed by atoms with Crippen LogP contribution in [-0.2, 0) is 14.3 Å². The molecule has 0 bridgehead atoms. The van der Waals surface area contributed by atoms with Crippen LogP contribution in [0, 0.1) is 5.92 Å². The average molecular weight is 228 g/mol. The molecule has 0 aromatic heterocycles. The van der Waals surface area contributed by atoms with Gasteiger partial charge in [0.25, 0.3) is 0 Å². The Morgan fingerprint density at radius 1 is 1.38 bits per heavy atom. The van der Waals surface area contributed by atoms with Crippen molar-refractivity contribution in [2.75, 3.05) is 19.8 Å². The van der Waals surface area contributed by atoms with Crippen LogP contribution < -0.4 is 0 Å². The number of unbranched alkanes of at least 4 members (excludes halogenated alkanes) is 1. The molecule has 0 aromatic rings. The summed E-state index contributed by atoms with van der Waals surface area (Å²) in [6.45, 7) is 9.25. The number of hydrogen-bond donors (Lipinski definition) is 0. The molecule has 0 aliphatic carbocycles. The zero-order chi connectivity index (χ0) is 12.2. The first-order valence-corrected chi connectivity index (χ1v) is 6.11. The molecule has 0 N–H and O–H groups in total. The number of carbonyl (C=O) groups is 1. The predicted molar refractivity (Wildman–Crippen MR) is 65.3 cm³/mol. The second kappa shape index (κ2) is 10.7.